The number of aliphatic hydroxyl groups is 5. The highest BCUT2D eigenvalue weighted by Gasteiger charge is 2.70. The van der Waals surface area contributed by atoms with Gasteiger partial charge in [-0.05, 0) is 112 Å². The van der Waals surface area contributed by atoms with E-state index < -0.39 is 65.0 Å². The number of hydrogen-bond acceptors (Lipinski definition) is 11. The molecule has 316 valence electrons. The van der Waals surface area contributed by atoms with Crippen molar-refractivity contribution in [1.29, 1.82) is 0 Å². The molecule has 16 unspecified atom stereocenters. The number of hydrogen-bond donors (Lipinski definition) is 6. The maximum absolute atomic E-state index is 14.0. The molecule has 12 heteroatoms. The van der Waals surface area contributed by atoms with Crippen molar-refractivity contribution < 1.29 is 49.3 Å². The second kappa shape index (κ2) is 15.6. The average molecular weight is 795 g/mol. The quantitative estimate of drug-likeness (QED) is 0.128. The Bertz CT molecular complexity index is 1670. The molecule has 0 radical (unpaired) electrons. The van der Waals surface area contributed by atoms with Crippen molar-refractivity contribution in [3.8, 4) is 0 Å². The van der Waals surface area contributed by atoms with Crippen molar-refractivity contribution in [2.24, 2.45) is 46.3 Å². The third kappa shape index (κ3) is 6.87. The molecular formula is C45H66N2O10. The zero-order chi connectivity index (χ0) is 40.5. The van der Waals surface area contributed by atoms with Gasteiger partial charge >= 0.3 is 0 Å². The minimum atomic E-state index is -1.77. The third-order valence-electron chi connectivity index (χ3n) is 16.6. The lowest BCUT2D eigenvalue weighted by atomic mass is 9.46. The molecule has 16 atom stereocenters. The summed E-state index contributed by atoms with van der Waals surface area (Å²) < 4.78 is 17.9. The number of benzene rings is 1. The molecule has 7 aliphatic rings. The van der Waals surface area contributed by atoms with Gasteiger partial charge in [0.15, 0.2) is 5.78 Å². The lowest BCUT2D eigenvalue weighted by Crippen LogP contribution is -2.63. The second-order valence-corrected chi connectivity index (χ2v) is 19.4. The standard InChI is InChI=1S/C45H66N2O10/c1-42-16-13-27(56-22-8-21-55-4)23-32(42)33(49)24-31-30(42)14-17-43(2)34(15-18-45(31,43)54)44(3,53)39(50)37-29(25-48)35-28(12-11-26-9-6-5-7-10-26)36(41(52)47-19-20-47)46-40(51)38(35)57-37/h5-7,9-10,24,27-30,32,34-40,46,48,50-51,53-54H,8,11-23,25H2,1-4H3. The largest absolute Gasteiger partial charge is 0.396 e. The van der Waals surface area contributed by atoms with Crippen LogP contribution in [0.3, 0.4) is 0 Å². The number of aryl methyl sites for hydroxylation is 1. The van der Waals surface area contributed by atoms with E-state index in [1.54, 1.807) is 25.0 Å². The van der Waals surface area contributed by atoms with Gasteiger partial charge in [0.2, 0.25) is 5.91 Å². The van der Waals surface area contributed by atoms with E-state index in [0.29, 0.717) is 64.8 Å². The van der Waals surface area contributed by atoms with Gasteiger partial charge < -0.3 is 44.6 Å². The van der Waals surface area contributed by atoms with Crippen LogP contribution in [0.15, 0.2) is 42.0 Å². The number of nitrogens with one attached hydrogen (secondary N) is 1. The first-order valence-corrected chi connectivity index (χ1v) is 21.7. The molecule has 6 fully saturated rings. The van der Waals surface area contributed by atoms with Crippen molar-refractivity contribution in [3.05, 3.63) is 47.5 Å². The average Bonchev–Trinajstić information content (AvgIpc) is 3.91. The first-order chi connectivity index (χ1) is 27.2. The van der Waals surface area contributed by atoms with Crippen LogP contribution in [0.25, 0.3) is 0 Å². The van der Waals surface area contributed by atoms with E-state index in [9.17, 15) is 35.1 Å². The number of fused-ring (bicyclic) bond motifs is 6. The molecule has 0 aromatic heterocycles. The van der Waals surface area contributed by atoms with Crippen LogP contribution in [0.2, 0.25) is 0 Å². The maximum Gasteiger partial charge on any atom is 0.240 e. The van der Waals surface area contributed by atoms with Crippen LogP contribution < -0.4 is 5.32 Å². The summed E-state index contributed by atoms with van der Waals surface area (Å²) in [6.07, 6.45) is 3.77. The fourth-order valence-electron chi connectivity index (χ4n) is 13.3. The summed E-state index contributed by atoms with van der Waals surface area (Å²) >= 11 is 0. The molecule has 3 saturated heterocycles. The summed E-state index contributed by atoms with van der Waals surface area (Å²) in [5.41, 5.74) is -2.40. The van der Waals surface area contributed by atoms with E-state index in [2.05, 4.69) is 12.2 Å². The normalized spacial score (nSPS) is 43.9. The molecule has 1 aromatic carbocycles. The summed E-state index contributed by atoms with van der Waals surface area (Å²) in [5, 5.41) is 63.6. The molecule has 8 rings (SSSR count). The molecule has 1 aromatic rings. The molecule has 12 nitrogen and oxygen atoms in total. The molecular weight excluding hydrogens is 728 g/mol. The van der Waals surface area contributed by atoms with Gasteiger partial charge in [-0.1, -0.05) is 44.2 Å². The molecule has 3 heterocycles. The Kier molecular flexibility index (Phi) is 11.4. The molecule has 6 N–H and O–H groups in total. The van der Waals surface area contributed by atoms with Gasteiger partial charge in [0.05, 0.1) is 29.5 Å². The van der Waals surface area contributed by atoms with Crippen molar-refractivity contribution in [2.45, 2.75) is 133 Å². The summed E-state index contributed by atoms with van der Waals surface area (Å²) in [6, 6.07) is 9.33. The smallest absolute Gasteiger partial charge is 0.240 e. The number of nitrogens with zero attached hydrogens (tertiary/aromatic N) is 1. The lowest BCUT2D eigenvalue weighted by molar-refractivity contribution is -0.203. The van der Waals surface area contributed by atoms with Crippen LogP contribution in [0, 0.1) is 46.3 Å². The van der Waals surface area contributed by atoms with Crippen LogP contribution in [0.5, 0.6) is 0 Å². The number of allylic oxidation sites excluding steroid dienone is 1. The number of carbonyl (C=O) groups excluding carboxylic acids is 2. The number of amides is 1. The molecule has 0 bridgehead atoms. The molecule has 4 aliphatic carbocycles. The number of carbonyl (C=O) groups is 2. The van der Waals surface area contributed by atoms with E-state index in [1.807, 2.05) is 37.3 Å². The van der Waals surface area contributed by atoms with Gasteiger partial charge in [-0.2, -0.15) is 0 Å². The van der Waals surface area contributed by atoms with E-state index in [4.69, 9.17) is 14.2 Å². The Morgan fingerprint density at radius 1 is 1.07 bits per heavy atom. The number of piperidine rings is 1. The zero-order valence-corrected chi connectivity index (χ0v) is 34.2. The monoisotopic (exact) mass is 794 g/mol. The highest BCUT2D eigenvalue weighted by Crippen LogP contribution is 2.69. The van der Waals surface area contributed by atoms with Crippen molar-refractivity contribution in [3.63, 3.8) is 0 Å². The minimum Gasteiger partial charge on any atom is -0.396 e. The van der Waals surface area contributed by atoms with Crippen LogP contribution in [0.4, 0.5) is 0 Å². The van der Waals surface area contributed by atoms with E-state index >= 15 is 0 Å². The molecule has 3 saturated carbocycles. The molecule has 3 aliphatic heterocycles. The second-order valence-electron chi connectivity index (χ2n) is 19.4. The van der Waals surface area contributed by atoms with E-state index in [0.717, 1.165) is 36.8 Å². The molecule has 0 spiro atoms. The SMILES string of the molecule is COCCCOC1CCC2(C)C(C1)C(=O)C=C1C2CCC2(C)C(C(C)(O)C(O)C3OC4C(O)NC(C(=O)N5CC5)C(CCc5ccccc5)C4C3CO)CCC12O. The van der Waals surface area contributed by atoms with Gasteiger partial charge in [0, 0.05) is 63.2 Å². The number of ether oxygens (including phenoxy) is 3. The van der Waals surface area contributed by atoms with Gasteiger partial charge in [0.1, 0.15) is 18.4 Å². The number of rotatable bonds is 13. The summed E-state index contributed by atoms with van der Waals surface area (Å²) in [4.78, 5) is 29.4. The van der Waals surface area contributed by atoms with Crippen molar-refractivity contribution in [1.82, 2.24) is 10.2 Å². The number of ketones is 1. The summed E-state index contributed by atoms with van der Waals surface area (Å²) in [5.74, 6) is -2.22. The predicted molar refractivity (Wildman–Crippen MR) is 210 cm³/mol. The van der Waals surface area contributed by atoms with E-state index in [1.165, 1.54) is 0 Å². The Hall–Kier alpha value is -2.26. The first kappa shape index (κ1) is 41.5. The topological polar surface area (TPSA) is 178 Å². The Morgan fingerprint density at radius 3 is 2.53 bits per heavy atom. The Morgan fingerprint density at radius 2 is 1.82 bits per heavy atom. The third-order valence-corrected chi connectivity index (χ3v) is 16.6. The fourth-order valence-corrected chi connectivity index (χ4v) is 13.3. The van der Waals surface area contributed by atoms with Gasteiger partial charge in [-0.15, -0.1) is 0 Å². The van der Waals surface area contributed by atoms with Crippen LogP contribution >= 0.6 is 0 Å². The summed E-state index contributed by atoms with van der Waals surface area (Å²) in [6.45, 7) is 8.04. The Labute approximate surface area is 337 Å². The van der Waals surface area contributed by atoms with E-state index in [-0.39, 0.29) is 47.6 Å². The highest BCUT2D eigenvalue weighted by atomic mass is 16.5. The van der Waals surface area contributed by atoms with Crippen molar-refractivity contribution >= 4 is 11.7 Å². The summed E-state index contributed by atoms with van der Waals surface area (Å²) in [7, 11) is 1.68. The van der Waals surface area contributed by atoms with Crippen LogP contribution in [-0.2, 0) is 30.2 Å². The molecule has 57 heavy (non-hydrogen) atoms. The van der Waals surface area contributed by atoms with Gasteiger partial charge in [-0.3, -0.25) is 14.9 Å². The predicted octanol–water partition coefficient (Wildman–Crippen LogP) is 2.77. The fraction of sp³-hybridized carbons (Fsp3) is 0.778. The van der Waals surface area contributed by atoms with Crippen molar-refractivity contribution in [2.75, 3.05) is 40.0 Å². The Balaban J connectivity index is 1.03. The highest BCUT2D eigenvalue weighted by molar-refractivity contribution is 5.95. The number of methoxy groups -OCH3 is 1. The minimum absolute atomic E-state index is 0.0193. The van der Waals surface area contributed by atoms with Gasteiger partial charge in [0.25, 0.3) is 0 Å². The zero-order valence-electron chi connectivity index (χ0n) is 34.2. The van der Waals surface area contributed by atoms with Crippen LogP contribution in [0.1, 0.15) is 84.1 Å². The lowest BCUT2D eigenvalue weighted by Gasteiger charge is -2.60. The number of aliphatic hydroxyl groups excluding tert-OH is 3. The molecule has 1 amide bonds. The van der Waals surface area contributed by atoms with Crippen LogP contribution in [-0.4, -0.2) is 130 Å². The van der Waals surface area contributed by atoms with Gasteiger partial charge in [-0.25, -0.2) is 0 Å². The maximum atomic E-state index is 14.0. The first-order valence-electron chi connectivity index (χ1n) is 21.7.